The fourth-order valence-electron chi connectivity index (χ4n) is 14.0. The quantitative estimate of drug-likeness (QED) is 0.119. The summed E-state index contributed by atoms with van der Waals surface area (Å²) in [7, 11) is 0. The third kappa shape index (κ3) is 7.67. The molecule has 7 aliphatic carbocycles. The zero-order valence-electron chi connectivity index (χ0n) is 36.5. The number of aliphatic hydroxyl groups is 2. The summed E-state index contributed by atoms with van der Waals surface area (Å²) in [6.45, 7) is 8.93. The molecule has 336 valence electrons. The molecule has 6 saturated carbocycles. The van der Waals surface area contributed by atoms with Crippen molar-refractivity contribution in [2.45, 2.75) is 110 Å². The van der Waals surface area contributed by atoms with Gasteiger partial charge in [-0.1, -0.05) is 67.4 Å². The minimum Gasteiger partial charge on any atom is -0.465 e. The number of Topliss-reactive ketones (excluding diaryl/α,β-unsaturated/α-hetero) is 1. The number of halogens is 1. The Morgan fingerprint density at radius 1 is 1.05 bits per heavy atom. The van der Waals surface area contributed by atoms with Crippen molar-refractivity contribution in [1.29, 1.82) is 0 Å². The van der Waals surface area contributed by atoms with Crippen molar-refractivity contribution >= 4 is 56.9 Å². The molecule has 1 aliphatic heterocycles. The van der Waals surface area contributed by atoms with E-state index in [1.54, 1.807) is 12.2 Å². The van der Waals surface area contributed by atoms with E-state index < -0.39 is 41.5 Å². The third-order valence-electron chi connectivity index (χ3n) is 16.5. The minimum atomic E-state index is -0.957. The van der Waals surface area contributed by atoms with E-state index in [0.717, 1.165) is 56.2 Å². The van der Waals surface area contributed by atoms with Crippen LogP contribution in [0.3, 0.4) is 0 Å². The van der Waals surface area contributed by atoms with Gasteiger partial charge in [0.15, 0.2) is 11.6 Å². The molecule has 3 amide bonds. The average Bonchev–Trinajstić information content (AvgIpc) is 3.72. The molecule has 0 spiro atoms. The Balaban J connectivity index is 0.888. The van der Waals surface area contributed by atoms with Crippen LogP contribution in [-0.2, 0) is 39.9 Å². The lowest BCUT2D eigenvalue weighted by Gasteiger charge is -2.71. The van der Waals surface area contributed by atoms with E-state index in [2.05, 4.69) is 74.9 Å². The number of carbonyl (C=O) groups is 6. The van der Waals surface area contributed by atoms with Gasteiger partial charge in [0.2, 0.25) is 17.7 Å². The summed E-state index contributed by atoms with van der Waals surface area (Å²) in [5.74, 6) is -1.13. The summed E-state index contributed by atoms with van der Waals surface area (Å²) in [6.07, 6.45) is 11.2. The van der Waals surface area contributed by atoms with Crippen molar-refractivity contribution in [3.8, 4) is 0 Å². The van der Waals surface area contributed by atoms with Crippen molar-refractivity contribution in [2.75, 3.05) is 43.1 Å². The minimum absolute atomic E-state index is 0.0110. The second kappa shape index (κ2) is 16.6. The number of carbonyl (C=O) groups excluding carboxylic acids is 6. The van der Waals surface area contributed by atoms with Crippen LogP contribution in [0.2, 0.25) is 0 Å². The number of allylic oxidation sites excluding steroid dienone is 4. The number of hydrogen-bond donors (Lipinski definition) is 5. The molecular formula is C48H63BrN4O9. The number of esters is 1. The largest absolute Gasteiger partial charge is 0.465 e. The molecule has 1 aromatic rings. The molecule has 7 fully saturated rings. The summed E-state index contributed by atoms with van der Waals surface area (Å²) in [5.41, 5.74) is 1.40. The normalized spacial score (nSPS) is 36.5. The van der Waals surface area contributed by atoms with Gasteiger partial charge < -0.3 is 35.8 Å². The maximum Gasteiger partial charge on any atom is 0.305 e. The van der Waals surface area contributed by atoms with Crippen LogP contribution in [0.5, 0.6) is 0 Å². The molecule has 14 heteroatoms. The van der Waals surface area contributed by atoms with Gasteiger partial charge in [0, 0.05) is 42.1 Å². The van der Waals surface area contributed by atoms with Crippen LogP contribution < -0.4 is 20.9 Å². The molecule has 1 heterocycles. The Kier molecular flexibility index (Phi) is 12.0. The van der Waals surface area contributed by atoms with Gasteiger partial charge in [0.1, 0.15) is 12.6 Å². The number of anilines is 1. The maximum atomic E-state index is 14.1. The summed E-state index contributed by atoms with van der Waals surface area (Å²) in [5, 5.41) is 30.9. The Labute approximate surface area is 372 Å². The van der Waals surface area contributed by atoms with Gasteiger partial charge in [-0.25, -0.2) is 0 Å². The van der Waals surface area contributed by atoms with Gasteiger partial charge in [0.05, 0.1) is 30.0 Å². The first kappa shape index (κ1) is 44.7. The SMILES string of the molecule is CC(C)COC(=O)CC[C@H](NC(=O)CNC(=O)CBr)C(=O)NC12CC(Cc3ccc(N4C[C@@H]5C[C@H]6[C@@H]7CCC8=CC(=O)C=C[C@]8(C)[C@H]7[C@@H](O)C[C@]6(C)[C@]5(C(=O)CO)C4)cc3)(C1)C2. The van der Waals surface area contributed by atoms with Crippen molar-refractivity contribution in [3.05, 3.63) is 53.6 Å². The number of rotatable bonds is 16. The summed E-state index contributed by atoms with van der Waals surface area (Å²) >= 11 is 3.05. The zero-order valence-corrected chi connectivity index (χ0v) is 38.1. The molecule has 13 nitrogen and oxygen atoms in total. The Morgan fingerprint density at radius 2 is 1.77 bits per heavy atom. The maximum absolute atomic E-state index is 14.1. The molecule has 9 rings (SSSR count). The van der Waals surface area contributed by atoms with Crippen LogP contribution >= 0.6 is 15.9 Å². The number of nitrogens with one attached hydrogen (secondary N) is 3. The topological polar surface area (TPSA) is 191 Å². The molecule has 5 N–H and O–H groups in total. The van der Waals surface area contributed by atoms with Gasteiger partial charge in [-0.05, 0) is 122 Å². The predicted molar refractivity (Wildman–Crippen MR) is 235 cm³/mol. The van der Waals surface area contributed by atoms with Crippen molar-refractivity contribution < 1.29 is 43.7 Å². The third-order valence-corrected chi connectivity index (χ3v) is 17.0. The lowest BCUT2D eigenvalue weighted by molar-refractivity contribution is -0.166. The smallest absolute Gasteiger partial charge is 0.305 e. The molecule has 62 heavy (non-hydrogen) atoms. The lowest BCUT2D eigenvalue weighted by atomic mass is 9.38. The van der Waals surface area contributed by atoms with Gasteiger partial charge in [0.25, 0.3) is 0 Å². The van der Waals surface area contributed by atoms with Crippen LogP contribution in [0.1, 0.15) is 91.0 Å². The Morgan fingerprint density at radius 3 is 2.45 bits per heavy atom. The van der Waals surface area contributed by atoms with Gasteiger partial charge in [-0.15, -0.1) is 0 Å². The van der Waals surface area contributed by atoms with E-state index in [9.17, 15) is 39.0 Å². The highest BCUT2D eigenvalue weighted by atomic mass is 79.9. The Hall–Kier alpha value is -3.88. The van der Waals surface area contributed by atoms with Crippen molar-refractivity contribution in [2.24, 2.45) is 51.2 Å². The molecule has 0 aromatic heterocycles. The van der Waals surface area contributed by atoms with Gasteiger partial charge in [-0.2, -0.15) is 0 Å². The van der Waals surface area contributed by atoms with E-state index in [1.165, 1.54) is 5.56 Å². The molecule has 0 radical (unpaired) electrons. The number of benzene rings is 1. The highest BCUT2D eigenvalue weighted by Gasteiger charge is 2.73. The monoisotopic (exact) mass is 918 g/mol. The molecule has 1 saturated heterocycles. The summed E-state index contributed by atoms with van der Waals surface area (Å²) in [4.78, 5) is 79.1. The van der Waals surface area contributed by atoms with E-state index >= 15 is 0 Å². The van der Waals surface area contributed by atoms with E-state index in [0.29, 0.717) is 19.5 Å². The van der Waals surface area contributed by atoms with Crippen LogP contribution in [0.4, 0.5) is 5.69 Å². The fraction of sp³-hybridized carbons (Fsp3) is 0.667. The number of fused-ring (bicyclic) bond motifs is 7. The standard InChI is InChI=1S/C48H63BrN4O9/c1-28(2)23-62-41(60)12-11-36(51-40(59)20-50-39(58)19-49)43(61)52-47-24-46(25-47,26-47)17-29-5-8-32(9-6-29)53-21-31-16-35-34-10-7-30-15-33(55)13-14-44(30,3)42(34)37(56)18-45(35,4)48(31,27-53)38(57)22-54/h5-6,8-9,13-15,28,31,34-37,42,54,56H,7,10-12,16-27H2,1-4H3,(H,50,58)(H,51,59)(H,52,61)/t31-,34-,35-,36-,37-,42+,44-,45-,46?,47?,48+/m0/s1. The van der Waals surface area contributed by atoms with Crippen LogP contribution in [0.25, 0.3) is 0 Å². The van der Waals surface area contributed by atoms with E-state index in [1.807, 2.05) is 19.9 Å². The zero-order chi connectivity index (χ0) is 44.4. The number of ketones is 2. The van der Waals surface area contributed by atoms with Gasteiger partial charge in [-0.3, -0.25) is 28.8 Å². The predicted octanol–water partition coefficient (Wildman–Crippen LogP) is 4.12. The number of nitrogens with zero attached hydrogens (tertiary/aromatic N) is 1. The number of aliphatic hydroxyl groups excluding tert-OH is 2. The molecule has 0 unspecified atom stereocenters. The highest BCUT2D eigenvalue weighted by Crippen LogP contribution is 2.73. The molecule has 8 aliphatic rings. The average molecular weight is 920 g/mol. The second-order valence-corrected chi connectivity index (χ2v) is 21.4. The number of hydrogen-bond acceptors (Lipinski definition) is 10. The Bertz CT molecular complexity index is 2050. The molecule has 9 atom stereocenters. The first-order chi connectivity index (χ1) is 29.4. The highest BCUT2D eigenvalue weighted by molar-refractivity contribution is 9.09. The van der Waals surface area contributed by atoms with Crippen molar-refractivity contribution in [3.63, 3.8) is 0 Å². The van der Waals surface area contributed by atoms with Crippen LogP contribution in [0, 0.1) is 51.2 Å². The fourth-order valence-corrected chi connectivity index (χ4v) is 14.2. The number of amides is 3. The molecule has 2 bridgehead atoms. The summed E-state index contributed by atoms with van der Waals surface area (Å²) in [6, 6.07) is 7.62. The number of ether oxygens (including phenoxy) is 1. The van der Waals surface area contributed by atoms with E-state index in [4.69, 9.17) is 4.74 Å². The first-order valence-electron chi connectivity index (χ1n) is 22.6. The lowest BCUT2D eigenvalue weighted by Crippen LogP contribution is -2.76. The van der Waals surface area contributed by atoms with Crippen LogP contribution in [0.15, 0.2) is 48.1 Å². The summed E-state index contributed by atoms with van der Waals surface area (Å²) < 4.78 is 5.29. The number of alkyl halides is 1. The van der Waals surface area contributed by atoms with Crippen LogP contribution in [-0.4, -0.2) is 101 Å². The first-order valence-corrected chi connectivity index (χ1v) is 23.7. The molecular weight excluding hydrogens is 856 g/mol. The van der Waals surface area contributed by atoms with Crippen molar-refractivity contribution in [1.82, 2.24) is 16.0 Å². The van der Waals surface area contributed by atoms with E-state index in [-0.39, 0.29) is 101 Å². The van der Waals surface area contributed by atoms with Gasteiger partial charge >= 0.3 is 5.97 Å². The molecule has 1 aromatic carbocycles. The second-order valence-electron chi connectivity index (χ2n) is 20.9.